The van der Waals surface area contributed by atoms with E-state index in [1.807, 2.05) is 37.3 Å². The lowest BCUT2D eigenvalue weighted by Gasteiger charge is -2.43. The summed E-state index contributed by atoms with van der Waals surface area (Å²) in [5.41, 5.74) is 1.42. The van der Waals surface area contributed by atoms with Crippen molar-refractivity contribution in [1.82, 2.24) is 10.0 Å². The highest BCUT2D eigenvalue weighted by molar-refractivity contribution is 5.93. The SMILES string of the molecule is COc1ccc([C@@H](O)[C@H](C)C(=O)N2C(=O)O[C@H](c3ccccc3)[C@H](C)N2C)cc1. The monoisotopic (exact) mass is 398 g/mol. The van der Waals surface area contributed by atoms with E-state index in [-0.39, 0.29) is 6.04 Å². The molecule has 0 radical (unpaired) electrons. The Bertz CT molecular complexity index is 855. The van der Waals surface area contributed by atoms with Crippen LogP contribution >= 0.6 is 0 Å². The number of carbonyl (C=O) groups excluding carboxylic acids is 2. The highest BCUT2D eigenvalue weighted by Crippen LogP contribution is 2.33. The second-order valence-corrected chi connectivity index (χ2v) is 7.19. The van der Waals surface area contributed by atoms with E-state index < -0.39 is 30.1 Å². The lowest BCUT2D eigenvalue weighted by Crippen LogP contribution is -2.59. The number of imide groups is 1. The number of hydrazine groups is 1. The van der Waals surface area contributed by atoms with E-state index in [4.69, 9.17) is 9.47 Å². The van der Waals surface area contributed by atoms with Gasteiger partial charge in [0.25, 0.3) is 5.91 Å². The fourth-order valence-electron chi connectivity index (χ4n) is 3.42. The minimum absolute atomic E-state index is 0.260. The first-order valence-electron chi connectivity index (χ1n) is 9.49. The van der Waals surface area contributed by atoms with Crippen LogP contribution in [0.25, 0.3) is 0 Å². The van der Waals surface area contributed by atoms with E-state index in [1.54, 1.807) is 50.4 Å². The van der Waals surface area contributed by atoms with E-state index in [2.05, 4.69) is 0 Å². The molecule has 3 rings (SSSR count). The fourth-order valence-corrected chi connectivity index (χ4v) is 3.42. The number of rotatable bonds is 5. The molecule has 2 aromatic rings. The third-order valence-electron chi connectivity index (χ3n) is 5.40. The first-order valence-corrected chi connectivity index (χ1v) is 9.49. The Labute approximate surface area is 170 Å². The molecule has 1 heterocycles. The highest BCUT2D eigenvalue weighted by atomic mass is 16.6. The van der Waals surface area contributed by atoms with Gasteiger partial charge in [-0.05, 0) is 30.2 Å². The van der Waals surface area contributed by atoms with Crippen molar-refractivity contribution in [3.8, 4) is 5.75 Å². The van der Waals surface area contributed by atoms with Crippen LogP contribution in [0.4, 0.5) is 4.79 Å². The molecule has 1 aliphatic heterocycles. The Morgan fingerprint density at radius 3 is 2.34 bits per heavy atom. The van der Waals surface area contributed by atoms with Crippen molar-refractivity contribution in [1.29, 1.82) is 0 Å². The van der Waals surface area contributed by atoms with Crippen molar-refractivity contribution in [3.63, 3.8) is 0 Å². The number of carbonyl (C=O) groups is 2. The van der Waals surface area contributed by atoms with Crippen molar-refractivity contribution >= 4 is 12.0 Å². The van der Waals surface area contributed by atoms with Gasteiger partial charge in [-0.2, -0.15) is 5.01 Å². The zero-order valence-electron chi connectivity index (χ0n) is 17.0. The predicted octanol–water partition coefficient (Wildman–Crippen LogP) is 3.32. The number of ether oxygens (including phenoxy) is 2. The summed E-state index contributed by atoms with van der Waals surface area (Å²) < 4.78 is 10.7. The van der Waals surface area contributed by atoms with E-state index in [9.17, 15) is 14.7 Å². The Kier molecular flexibility index (Phi) is 6.20. The zero-order valence-corrected chi connectivity index (χ0v) is 17.0. The molecule has 0 aliphatic carbocycles. The smallest absolute Gasteiger partial charge is 0.432 e. The zero-order chi connectivity index (χ0) is 21.1. The van der Waals surface area contributed by atoms with Crippen LogP contribution in [0.2, 0.25) is 0 Å². The van der Waals surface area contributed by atoms with E-state index >= 15 is 0 Å². The summed E-state index contributed by atoms with van der Waals surface area (Å²) in [6.07, 6.45) is -2.31. The normalized spacial score (nSPS) is 22.0. The molecule has 154 valence electrons. The number of hydrogen-bond acceptors (Lipinski definition) is 6. The molecule has 1 N–H and O–H groups in total. The minimum Gasteiger partial charge on any atom is -0.497 e. The van der Waals surface area contributed by atoms with Crippen LogP contribution in [0, 0.1) is 5.92 Å². The van der Waals surface area contributed by atoms with Gasteiger partial charge < -0.3 is 14.6 Å². The predicted molar refractivity (Wildman–Crippen MR) is 107 cm³/mol. The van der Waals surface area contributed by atoms with Crippen LogP contribution in [0.3, 0.4) is 0 Å². The molecule has 0 unspecified atom stereocenters. The van der Waals surface area contributed by atoms with Gasteiger partial charge in [0.05, 0.1) is 25.2 Å². The summed E-state index contributed by atoms with van der Waals surface area (Å²) in [7, 11) is 3.23. The average molecular weight is 398 g/mol. The van der Waals surface area contributed by atoms with E-state index in [1.165, 1.54) is 0 Å². The molecule has 0 bridgehead atoms. The van der Waals surface area contributed by atoms with Crippen molar-refractivity contribution in [2.75, 3.05) is 14.2 Å². The molecule has 1 aliphatic rings. The van der Waals surface area contributed by atoms with Crippen molar-refractivity contribution in [2.45, 2.75) is 32.1 Å². The number of likely N-dealkylation sites (N-methyl/N-ethyl adjacent to an activating group) is 1. The number of hydrogen-bond donors (Lipinski definition) is 1. The van der Waals surface area contributed by atoms with Gasteiger partial charge in [-0.15, -0.1) is 0 Å². The summed E-state index contributed by atoms with van der Waals surface area (Å²) in [4.78, 5) is 25.7. The highest BCUT2D eigenvalue weighted by Gasteiger charge is 2.44. The second kappa shape index (κ2) is 8.63. The average Bonchev–Trinajstić information content (AvgIpc) is 2.75. The number of aliphatic hydroxyl groups excluding tert-OH is 1. The lowest BCUT2D eigenvalue weighted by molar-refractivity contribution is -0.169. The van der Waals surface area contributed by atoms with Gasteiger partial charge in [0.1, 0.15) is 11.9 Å². The molecular weight excluding hydrogens is 372 g/mol. The number of amides is 2. The van der Waals surface area contributed by atoms with Gasteiger partial charge >= 0.3 is 6.09 Å². The maximum atomic E-state index is 13.0. The summed E-state index contributed by atoms with van der Waals surface area (Å²) >= 11 is 0. The number of cyclic esters (lactones) is 1. The second-order valence-electron chi connectivity index (χ2n) is 7.19. The topological polar surface area (TPSA) is 79.3 Å². The minimum atomic E-state index is -1.07. The third kappa shape index (κ3) is 4.11. The maximum Gasteiger partial charge on any atom is 0.432 e. The van der Waals surface area contributed by atoms with Gasteiger partial charge in [0, 0.05) is 7.05 Å². The Hall–Kier alpha value is -2.90. The third-order valence-corrected chi connectivity index (χ3v) is 5.40. The maximum absolute atomic E-state index is 13.0. The standard InChI is InChI=1S/C22H26N2O5/c1-14(19(25)16-10-12-18(28-4)13-11-16)21(26)24-22(27)29-20(15(2)23(24)3)17-8-6-5-7-9-17/h5-15,19-20,25H,1-4H3/t14-,15-,19-,20-/m0/s1. The number of aliphatic hydroxyl groups is 1. The molecule has 0 saturated carbocycles. The molecule has 1 fully saturated rings. The van der Waals surface area contributed by atoms with Gasteiger partial charge in [-0.1, -0.05) is 49.4 Å². The van der Waals surface area contributed by atoms with Gasteiger partial charge in [-0.3, -0.25) is 4.79 Å². The Morgan fingerprint density at radius 1 is 1.14 bits per heavy atom. The molecule has 0 spiro atoms. The molecule has 2 amide bonds. The van der Waals surface area contributed by atoms with Crippen molar-refractivity contribution < 1.29 is 24.2 Å². The number of benzene rings is 2. The van der Waals surface area contributed by atoms with Gasteiger partial charge in [0.2, 0.25) is 0 Å². The molecule has 29 heavy (non-hydrogen) atoms. The Morgan fingerprint density at radius 2 is 1.76 bits per heavy atom. The largest absolute Gasteiger partial charge is 0.497 e. The van der Waals surface area contributed by atoms with Crippen LogP contribution in [-0.2, 0) is 9.53 Å². The van der Waals surface area contributed by atoms with Crippen LogP contribution < -0.4 is 4.74 Å². The van der Waals surface area contributed by atoms with Crippen LogP contribution in [0.15, 0.2) is 54.6 Å². The summed E-state index contributed by atoms with van der Waals surface area (Å²) in [6, 6.07) is 16.0. The van der Waals surface area contributed by atoms with Crippen LogP contribution in [0.5, 0.6) is 5.75 Å². The number of methoxy groups -OCH3 is 1. The summed E-state index contributed by atoms with van der Waals surface area (Å²) in [6.45, 7) is 3.47. The lowest BCUT2D eigenvalue weighted by atomic mass is 9.96. The number of nitrogens with zero attached hydrogens (tertiary/aromatic N) is 2. The first-order chi connectivity index (χ1) is 13.8. The molecule has 1 saturated heterocycles. The summed E-state index contributed by atoms with van der Waals surface area (Å²) in [5, 5.41) is 13.2. The molecule has 4 atom stereocenters. The Balaban J connectivity index is 1.76. The van der Waals surface area contributed by atoms with E-state index in [0.717, 1.165) is 10.6 Å². The molecular formula is C22H26N2O5. The quantitative estimate of drug-likeness (QED) is 0.832. The fraction of sp³-hybridized carbons (Fsp3) is 0.364. The van der Waals surface area contributed by atoms with Crippen molar-refractivity contribution in [2.24, 2.45) is 5.92 Å². The molecule has 7 nitrogen and oxygen atoms in total. The van der Waals surface area contributed by atoms with Crippen LogP contribution in [0.1, 0.15) is 37.2 Å². The molecule has 2 aromatic carbocycles. The van der Waals surface area contributed by atoms with Crippen molar-refractivity contribution in [3.05, 3.63) is 65.7 Å². The van der Waals surface area contributed by atoms with Gasteiger partial charge in [-0.25, -0.2) is 9.80 Å². The molecule has 0 aromatic heterocycles. The van der Waals surface area contributed by atoms with E-state index in [0.29, 0.717) is 11.3 Å². The molecule has 7 heteroatoms. The summed E-state index contributed by atoms with van der Waals surface area (Å²) in [5.74, 6) is -0.724. The van der Waals surface area contributed by atoms with Crippen LogP contribution in [-0.4, -0.2) is 47.3 Å². The first kappa shape index (κ1) is 20.8. The van der Waals surface area contributed by atoms with Gasteiger partial charge in [0.15, 0.2) is 0 Å².